The topological polar surface area (TPSA) is 92.4 Å². The fourth-order valence-corrected chi connectivity index (χ4v) is 5.20. The van der Waals surface area contributed by atoms with Crippen molar-refractivity contribution >= 4 is 29.1 Å². The van der Waals surface area contributed by atoms with Gasteiger partial charge in [0.25, 0.3) is 5.91 Å². The number of aromatic nitrogens is 2. The third-order valence-corrected chi connectivity index (χ3v) is 7.06. The molecule has 1 aromatic heterocycles. The number of nitrogens with zero attached hydrogens (tertiary/aromatic N) is 2. The zero-order chi connectivity index (χ0) is 21.7. The van der Waals surface area contributed by atoms with Gasteiger partial charge in [-0.05, 0) is 68.1 Å². The Morgan fingerprint density at radius 2 is 1.94 bits per heavy atom. The van der Waals surface area contributed by atoms with E-state index >= 15 is 0 Å². The maximum atomic E-state index is 13.7. The molecule has 1 fully saturated rings. The summed E-state index contributed by atoms with van der Waals surface area (Å²) < 4.78 is 1.42. The van der Waals surface area contributed by atoms with Gasteiger partial charge in [-0.3, -0.25) is 9.59 Å². The van der Waals surface area contributed by atoms with Crippen molar-refractivity contribution in [3.63, 3.8) is 0 Å². The average Bonchev–Trinajstić information content (AvgIpc) is 3.54. The van der Waals surface area contributed by atoms with Crippen molar-refractivity contribution in [3.05, 3.63) is 57.4 Å². The smallest absolute Gasteiger partial charge is 0.306 e. The summed E-state index contributed by atoms with van der Waals surface area (Å²) in [5, 5.41) is 24.9. The van der Waals surface area contributed by atoms with Crippen molar-refractivity contribution in [2.45, 2.75) is 63.4 Å². The predicted octanol–water partition coefficient (Wildman–Crippen LogP) is 4.22. The van der Waals surface area contributed by atoms with Gasteiger partial charge in [0, 0.05) is 12.0 Å². The second-order valence-corrected chi connectivity index (χ2v) is 9.32. The van der Waals surface area contributed by atoms with Crippen molar-refractivity contribution in [2.24, 2.45) is 5.92 Å². The average molecular weight is 441 g/mol. The zero-order valence-corrected chi connectivity index (χ0v) is 17.9. The number of carboxylic acids is 1. The number of rotatable bonds is 4. The second-order valence-electron chi connectivity index (χ2n) is 8.91. The van der Waals surface area contributed by atoms with Crippen molar-refractivity contribution in [3.8, 4) is 0 Å². The lowest BCUT2D eigenvalue weighted by Crippen LogP contribution is -2.25. The minimum Gasteiger partial charge on any atom is -0.481 e. The highest BCUT2D eigenvalue weighted by Gasteiger charge is 2.34. The molecule has 5 rings (SSSR count). The molecule has 1 saturated carbocycles. The van der Waals surface area contributed by atoms with Crippen LogP contribution in [0.1, 0.15) is 77.3 Å². The molecule has 162 valence electrons. The first-order valence-corrected chi connectivity index (χ1v) is 11.4. The van der Waals surface area contributed by atoms with Gasteiger partial charge >= 0.3 is 5.97 Å². The number of aliphatic hydroxyl groups is 1. The van der Waals surface area contributed by atoms with Gasteiger partial charge in [-0.1, -0.05) is 29.8 Å². The molecule has 3 aliphatic rings. The lowest BCUT2D eigenvalue weighted by atomic mass is 9.84. The van der Waals surface area contributed by atoms with Crippen molar-refractivity contribution in [1.82, 2.24) is 9.78 Å². The lowest BCUT2D eigenvalue weighted by molar-refractivity contribution is -0.141. The van der Waals surface area contributed by atoms with Crippen LogP contribution >= 0.6 is 11.6 Å². The first-order valence-electron chi connectivity index (χ1n) is 11.0. The van der Waals surface area contributed by atoms with Gasteiger partial charge in [0.15, 0.2) is 0 Å². The van der Waals surface area contributed by atoms with Gasteiger partial charge in [-0.15, -0.1) is 0 Å². The van der Waals surface area contributed by atoms with Crippen LogP contribution in [0.3, 0.4) is 0 Å². The number of carboxylic acid groups (broad SMARTS) is 1. The van der Waals surface area contributed by atoms with Crippen LogP contribution in [-0.4, -0.2) is 38.0 Å². The van der Waals surface area contributed by atoms with E-state index in [1.165, 1.54) is 4.68 Å². The maximum absolute atomic E-state index is 13.7. The molecule has 2 N–H and O–H groups in total. The predicted molar refractivity (Wildman–Crippen MR) is 116 cm³/mol. The van der Waals surface area contributed by atoms with Gasteiger partial charge < -0.3 is 10.2 Å². The summed E-state index contributed by atoms with van der Waals surface area (Å²) in [4.78, 5) is 25.2. The molecule has 0 spiro atoms. The Morgan fingerprint density at radius 3 is 2.68 bits per heavy atom. The van der Waals surface area contributed by atoms with E-state index in [1.807, 2.05) is 18.2 Å². The van der Waals surface area contributed by atoms with Crippen molar-refractivity contribution in [1.29, 1.82) is 0 Å². The molecule has 0 amide bonds. The van der Waals surface area contributed by atoms with Gasteiger partial charge in [-0.2, -0.15) is 9.78 Å². The summed E-state index contributed by atoms with van der Waals surface area (Å²) in [6.45, 7) is 0. The van der Waals surface area contributed by atoms with Crippen LogP contribution in [-0.2, 0) is 17.6 Å². The molecule has 3 aliphatic carbocycles. The molecular weight excluding hydrogens is 416 g/mol. The summed E-state index contributed by atoms with van der Waals surface area (Å²) in [7, 11) is 0. The molecule has 31 heavy (non-hydrogen) atoms. The van der Waals surface area contributed by atoms with Crippen LogP contribution in [0.2, 0.25) is 5.02 Å². The van der Waals surface area contributed by atoms with Crippen molar-refractivity contribution < 1.29 is 19.8 Å². The van der Waals surface area contributed by atoms with E-state index in [0.717, 1.165) is 35.2 Å². The third kappa shape index (κ3) is 3.72. The number of carbonyl (C=O) groups excluding carboxylic acids is 1. The summed E-state index contributed by atoms with van der Waals surface area (Å²) in [6.07, 6.45) is 6.90. The molecular formula is C24H25ClN2O4. The number of hydrogen-bond donors (Lipinski definition) is 2. The van der Waals surface area contributed by atoms with Crippen LogP contribution in [0.4, 0.5) is 0 Å². The molecule has 0 radical (unpaired) electrons. The molecule has 7 heteroatoms. The number of carbonyl (C=O) groups is 2. The Labute approximate surface area is 185 Å². The molecule has 0 bridgehead atoms. The quantitative estimate of drug-likeness (QED) is 0.742. The highest BCUT2D eigenvalue weighted by Crippen LogP contribution is 2.44. The third-order valence-electron chi connectivity index (χ3n) is 6.74. The number of aliphatic carboxylic acids is 1. The van der Waals surface area contributed by atoms with Gasteiger partial charge in [-0.25, -0.2) is 0 Å². The largest absolute Gasteiger partial charge is 0.481 e. The van der Waals surface area contributed by atoms with E-state index in [4.69, 9.17) is 16.7 Å². The van der Waals surface area contributed by atoms with Crippen LogP contribution in [0.25, 0.3) is 5.57 Å². The monoisotopic (exact) mass is 440 g/mol. The highest BCUT2D eigenvalue weighted by molar-refractivity contribution is 6.34. The van der Waals surface area contributed by atoms with Gasteiger partial charge in [0.1, 0.15) is 0 Å². The van der Waals surface area contributed by atoms with E-state index in [0.29, 0.717) is 60.7 Å². The fourth-order valence-electron chi connectivity index (χ4n) is 4.94. The lowest BCUT2D eigenvalue weighted by Gasteiger charge is -2.21. The molecule has 2 aromatic rings. The van der Waals surface area contributed by atoms with Crippen molar-refractivity contribution in [2.75, 3.05) is 0 Å². The number of hydrogen-bond acceptors (Lipinski definition) is 4. The molecule has 6 nitrogen and oxygen atoms in total. The first-order chi connectivity index (χ1) is 14.9. The van der Waals surface area contributed by atoms with Gasteiger partial charge in [0.05, 0.1) is 34.0 Å². The standard InChI is InChI=1S/C24H25ClN2O4/c25-19-6-2-5-17(13-7-8-13)21(19)23(29)27-20-12-16(28)9-10-18(20)22(26-27)14-3-1-4-15(11-14)24(30)31/h2-3,5-6,13,15-16,28H,1,4,7-12H2,(H,30,31)/t15?,16-/m0/s1. The second kappa shape index (κ2) is 7.92. The first kappa shape index (κ1) is 20.5. The number of halogens is 1. The van der Waals surface area contributed by atoms with E-state index in [1.54, 1.807) is 6.07 Å². The molecule has 1 unspecified atom stereocenters. The summed E-state index contributed by atoms with van der Waals surface area (Å²) in [5.74, 6) is -1.15. The van der Waals surface area contributed by atoms with E-state index in [2.05, 4.69) is 0 Å². The van der Waals surface area contributed by atoms with Crippen LogP contribution in [0.15, 0.2) is 24.3 Å². The molecule has 1 heterocycles. The van der Waals surface area contributed by atoms with E-state index in [-0.39, 0.29) is 5.91 Å². The SMILES string of the molecule is O=C(O)C1CCC=C(c2nn(C(=O)c3c(Cl)cccc3C3CC3)c3c2CC[C@H](O)C3)C1. The Morgan fingerprint density at radius 1 is 1.13 bits per heavy atom. The summed E-state index contributed by atoms with van der Waals surface area (Å²) in [5.41, 5.74) is 4.72. The van der Waals surface area contributed by atoms with E-state index < -0.39 is 18.0 Å². The Hall–Kier alpha value is -2.44. The fraction of sp³-hybridized carbons (Fsp3) is 0.458. The molecule has 0 saturated heterocycles. The number of fused-ring (bicyclic) bond motifs is 1. The summed E-state index contributed by atoms with van der Waals surface area (Å²) in [6, 6.07) is 5.57. The summed E-state index contributed by atoms with van der Waals surface area (Å²) >= 11 is 6.48. The molecule has 1 aromatic carbocycles. The number of allylic oxidation sites excluding steroid dienone is 2. The Bertz CT molecular complexity index is 1100. The van der Waals surface area contributed by atoms with Crippen LogP contribution in [0.5, 0.6) is 0 Å². The minimum absolute atomic E-state index is 0.268. The number of benzene rings is 1. The normalized spacial score (nSPS) is 23.2. The highest BCUT2D eigenvalue weighted by atomic mass is 35.5. The minimum atomic E-state index is -0.796. The van der Waals surface area contributed by atoms with Crippen LogP contribution in [0, 0.1) is 5.92 Å². The molecule has 2 atom stereocenters. The molecule has 0 aliphatic heterocycles. The maximum Gasteiger partial charge on any atom is 0.306 e. The number of aliphatic hydroxyl groups excluding tert-OH is 1. The van der Waals surface area contributed by atoms with Gasteiger partial charge in [0.2, 0.25) is 0 Å². The van der Waals surface area contributed by atoms with Crippen LogP contribution < -0.4 is 0 Å². The van der Waals surface area contributed by atoms with E-state index in [9.17, 15) is 19.8 Å². The zero-order valence-electron chi connectivity index (χ0n) is 17.2. The Balaban J connectivity index is 1.60. The Kier molecular flexibility index (Phi) is 5.22.